The number of hydrogen-bond donors (Lipinski definition) is 1. The fourth-order valence-corrected chi connectivity index (χ4v) is 2.16. The number of rotatable bonds is 1. The summed E-state index contributed by atoms with van der Waals surface area (Å²) >= 11 is 0. The third-order valence-corrected chi connectivity index (χ3v) is 3.19. The Morgan fingerprint density at radius 1 is 1.15 bits per heavy atom. The molecule has 0 radical (unpaired) electrons. The molecule has 0 saturated carbocycles. The van der Waals surface area contributed by atoms with Crippen LogP contribution in [0.2, 0.25) is 0 Å². The number of aryl methyl sites for hydroxylation is 1. The summed E-state index contributed by atoms with van der Waals surface area (Å²) in [5.74, 6) is -0.356. The molecule has 3 rings (SSSR count). The number of nitrogens with one attached hydrogen (secondary N) is 1. The minimum Gasteiger partial charge on any atom is -0.282 e. The van der Waals surface area contributed by atoms with Gasteiger partial charge in [0.15, 0.2) is 0 Å². The molecule has 3 aromatic rings. The minimum atomic E-state index is -0.935. The average Bonchev–Trinajstić information content (AvgIpc) is 2.41. The highest BCUT2D eigenvalue weighted by atomic mass is 19.1. The van der Waals surface area contributed by atoms with Crippen LogP contribution >= 0.6 is 0 Å². The van der Waals surface area contributed by atoms with Gasteiger partial charge in [0.25, 0.3) is 11.6 Å². The smallest absolute Gasteiger partial charge is 0.282 e. The Morgan fingerprint density at radius 2 is 1.95 bits per heavy atom. The van der Waals surface area contributed by atoms with Crippen molar-refractivity contribution in [3.8, 4) is 11.1 Å². The van der Waals surface area contributed by atoms with Crippen LogP contribution in [0.3, 0.4) is 0 Å². The first kappa shape index (κ1) is 12.5. The standard InChI is InChI=1S/C15H10F2N2O/c1-8-5-6-9(7-11(8)16)10-3-2-4-12-13(10)14(20)19-15(17)18-12/h2-7H,1H3,(H,18,19,20). The summed E-state index contributed by atoms with van der Waals surface area (Å²) in [7, 11) is 0. The molecule has 0 atom stereocenters. The Labute approximate surface area is 112 Å². The van der Waals surface area contributed by atoms with Gasteiger partial charge in [0, 0.05) is 0 Å². The molecule has 2 aromatic carbocycles. The van der Waals surface area contributed by atoms with Crippen molar-refractivity contribution in [2.75, 3.05) is 0 Å². The van der Waals surface area contributed by atoms with Crippen molar-refractivity contribution in [3.05, 3.63) is 64.2 Å². The van der Waals surface area contributed by atoms with Gasteiger partial charge in [0.1, 0.15) is 5.82 Å². The summed E-state index contributed by atoms with van der Waals surface area (Å²) in [6.07, 6.45) is -0.935. The Morgan fingerprint density at radius 3 is 2.70 bits per heavy atom. The van der Waals surface area contributed by atoms with Crippen LogP contribution in [0.5, 0.6) is 0 Å². The van der Waals surface area contributed by atoms with Gasteiger partial charge in [0.2, 0.25) is 0 Å². The van der Waals surface area contributed by atoms with E-state index in [1.54, 1.807) is 37.3 Å². The first-order valence-corrected chi connectivity index (χ1v) is 6.01. The van der Waals surface area contributed by atoms with Gasteiger partial charge in [0.05, 0.1) is 10.9 Å². The van der Waals surface area contributed by atoms with Gasteiger partial charge in [-0.1, -0.05) is 24.3 Å². The summed E-state index contributed by atoms with van der Waals surface area (Å²) < 4.78 is 26.8. The van der Waals surface area contributed by atoms with E-state index in [0.29, 0.717) is 16.7 Å². The van der Waals surface area contributed by atoms with E-state index in [0.717, 1.165) is 0 Å². The van der Waals surface area contributed by atoms with Crippen LogP contribution in [0, 0.1) is 18.8 Å². The Balaban J connectivity index is 2.36. The van der Waals surface area contributed by atoms with Crippen LogP contribution in [-0.4, -0.2) is 9.97 Å². The van der Waals surface area contributed by atoms with Crippen LogP contribution in [-0.2, 0) is 0 Å². The molecule has 3 nitrogen and oxygen atoms in total. The van der Waals surface area contributed by atoms with E-state index >= 15 is 0 Å². The Bertz CT molecular complexity index is 871. The van der Waals surface area contributed by atoms with Gasteiger partial charge in [-0.2, -0.15) is 4.39 Å². The number of nitrogens with zero attached hydrogens (tertiary/aromatic N) is 1. The van der Waals surface area contributed by atoms with Crippen molar-refractivity contribution in [2.24, 2.45) is 0 Å². The molecule has 0 saturated heterocycles. The number of H-pyrrole nitrogens is 1. The van der Waals surface area contributed by atoms with Crippen LogP contribution in [0.4, 0.5) is 8.78 Å². The quantitative estimate of drug-likeness (QED) is 0.691. The van der Waals surface area contributed by atoms with Crippen molar-refractivity contribution >= 4 is 10.9 Å². The molecule has 0 spiro atoms. The molecule has 5 heteroatoms. The second kappa shape index (κ2) is 4.52. The maximum Gasteiger partial charge on any atom is 0.289 e. The Hall–Kier alpha value is -2.56. The zero-order valence-electron chi connectivity index (χ0n) is 10.6. The highest BCUT2D eigenvalue weighted by Crippen LogP contribution is 2.26. The predicted octanol–water partition coefficient (Wildman–Crippen LogP) is 3.18. The van der Waals surface area contributed by atoms with Crippen molar-refractivity contribution in [3.63, 3.8) is 0 Å². The largest absolute Gasteiger partial charge is 0.289 e. The van der Waals surface area contributed by atoms with Gasteiger partial charge in [-0.05, 0) is 35.7 Å². The van der Waals surface area contributed by atoms with E-state index < -0.39 is 11.6 Å². The van der Waals surface area contributed by atoms with Gasteiger partial charge < -0.3 is 0 Å². The Kier molecular flexibility index (Phi) is 2.82. The number of halogens is 2. The van der Waals surface area contributed by atoms with Gasteiger partial charge in [-0.15, -0.1) is 0 Å². The molecule has 1 aromatic heterocycles. The molecule has 20 heavy (non-hydrogen) atoms. The van der Waals surface area contributed by atoms with E-state index in [9.17, 15) is 13.6 Å². The lowest BCUT2D eigenvalue weighted by Gasteiger charge is -2.07. The number of aromatic amines is 1. The van der Waals surface area contributed by atoms with Gasteiger partial charge >= 0.3 is 0 Å². The molecule has 0 fully saturated rings. The summed E-state index contributed by atoms with van der Waals surface area (Å²) in [5, 5.41) is 0.247. The maximum absolute atomic E-state index is 13.7. The topological polar surface area (TPSA) is 45.8 Å². The number of aromatic nitrogens is 2. The predicted molar refractivity (Wildman–Crippen MR) is 72.5 cm³/mol. The summed E-state index contributed by atoms with van der Waals surface area (Å²) in [5.41, 5.74) is 1.26. The third kappa shape index (κ3) is 1.97. The molecule has 0 aliphatic heterocycles. The summed E-state index contributed by atoms with van der Waals surface area (Å²) in [6.45, 7) is 1.66. The van der Waals surface area contributed by atoms with Gasteiger partial charge in [-0.3, -0.25) is 9.78 Å². The summed E-state index contributed by atoms with van der Waals surface area (Å²) in [4.78, 5) is 17.6. The lowest BCUT2D eigenvalue weighted by Crippen LogP contribution is -2.11. The molecular formula is C15H10F2N2O. The van der Waals surface area contributed by atoms with Crippen molar-refractivity contribution in [1.29, 1.82) is 0 Å². The van der Waals surface area contributed by atoms with Crippen LogP contribution in [0.1, 0.15) is 5.56 Å². The van der Waals surface area contributed by atoms with Crippen LogP contribution < -0.4 is 5.56 Å². The number of fused-ring (bicyclic) bond motifs is 1. The van der Waals surface area contributed by atoms with Crippen LogP contribution in [0.25, 0.3) is 22.0 Å². The summed E-state index contributed by atoms with van der Waals surface area (Å²) in [6, 6.07) is 9.59. The number of hydrogen-bond acceptors (Lipinski definition) is 2. The molecule has 0 unspecified atom stereocenters. The molecule has 1 N–H and O–H groups in total. The fraction of sp³-hybridized carbons (Fsp3) is 0.0667. The van der Waals surface area contributed by atoms with E-state index in [1.165, 1.54) is 6.07 Å². The molecular weight excluding hydrogens is 262 g/mol. The molecule has 0 aliphatic rings. The molecule has 0 amide bonds. The minimum absolute atomic E-state index is 0.240. The van der Waals surface area contributed by atoms with E-state index in [1.807, 2.05) is 4.98 Å². The van der Waals surface area contributed by atoms with E-state index in [4.69, 9.17) is 0 Å². The fourth-order valence-electron chi connectivity index (χ4n) is 2.16. The van der Waals surface area contributed by atoms with Crippen molar-refractivity contribution in [2.45, 2.75) is 6.92 Å². The highest BCUT2D eigenvalue weighted by molar-refractivity contribution is 5.93. The lowest BCUT2D eigenvalue weighted by atomic mass is 10.00. The lowest BCUT2D eigenvalue weighted by molar-refractivity contribution is 0.541. The normalized spacial score (nSPS) is 10.9. The molecule has 0 aliphatic carbocycles. The van der Waals surface area contributed by atoms with Gasteiger partial charge in [-0.25, -0.2) is 9.37 Å². The first-order chi connectivity index (χ1) is 9.56. The molecule has 1 heterocycles. The molecule has 100 valence electrons. The van der Waals surface area contributed by atoms with Crippen molar-refractivity contribution < 1.29 is 8.78 Å². The highest BCUT2D eigenvalue weighted by Gasteiger charge is 2.11. The zero-order chi connectivity index (χ0) is 14.3. The SMILES string of the molecule is Cc1ccc(-c2cccc3nc(F)[nH]c(=O)c23)cc1F. The first-order valence-electron chi connectivity index (χ1n) is 6.01. The second-order valence-electron chi connectivity index (χ2n) is 4.52. The third-order valence-electron chi connectivity index (χ3n) is 3.19. The van der Waals surface area contributed by atoms with E-state index in [2.05, 4.69) is 4.98 Å². The molecule has 0 bridgehead atoms. The number of benzene rings is 2. The second-order valence-corrected chi connectivity index (χ2v) is 4.52. The van der Waals surface area contributed by atoms with Crippen molar-refractivity contribution in [1.82, 2.24) is 9.97 Å². The van der Waals surface area contributed by atoms with Crippen LogP contribution in [0.15, 0.2) is 41.2 Å². The maximum atomic E-state index is 13.7. The van der Waals surface area contributed by atoms with E-state index in [-0.39, 0.29) is 16.7 Å². The average molecular weight is 272 g/mol. The zero-order valence-corrected chi connectivity index (χ0v) is 10.6. The monoisotopic (exact) mass is 272 g/mol.